The van der Waals surface area contributed by atoms with Crippen LogP contribution in [-0.4, -0.2) is 43.1 Å². The Hall–Kier alpha value is -1.40. The summed E-state index contributed by atoms with van der Waals surface area (Å²) in [7, 11) is -3.24. The van der Waals surface area contributed by atoms with Crippen LogP contribution in [0.4, 0.5) is 0 Å². The summed E-state index contributed by atoms with van der Waals surface area (Å²) in [6.07, 6.45) is 1.77. The van der Waals surface area contributed by atoms with Crippen molar-refractivity contribution < 1.29 is 18.3 Å². The zero-order valence-electron chi connectivity index (χ0n) is 10.7. The van der Waals surface area contributed by atoms with Gasteiger partial charge in [-0.2, -0.15) is 0 Å². The minimum Gasteiger partial charge on any atom is -0.481 e. The fourth-order valence-electron chi connectivity index (χ4n) is 2.58. The van der Waals surface area contributed by atoms with E-state index in [1.54, 1.807) is 12.1 Å². The minimum atomic E-state index is -3.24. The van der Waals surface area contributed by atoms with Gasteiger partial charge in [0.1, 0.15) is 0 Å². The Morgan fingerprint density at radius 3 is 2.16 bits per heavy atom. The number of carboxylic acids is 1. The number of piperidine rings is 1. The summed E-state index contributed by atoms with van der Waals surface area (Å²) in [4.78, 5) is 11.7. The summed E-state index contributed by atoms with van der Waals surface area (Å²) in [5.41, 5.74) is -0.224. The maximum absolute atomic E-state index is 11.7. The molecular formula is C13H17NO4S. The smallest absolute Gasteiger partial charge is 0.314 e. The number of aliphatic carboxylic acids is 1. The molecule has 0 aromatic heterocycles. The molecular weight excluding hydrogens is 266 g/mol. The van der Waals surface area contributed by atoms with Gasteiger partial charge in [0.2, 0.25) is 10.0 Å². The highest BCUT2D eigenvalue weighted by molar-refractivity contribution is 7.88. The first-order valence-electron chi connectivity index (χ1n) is 6.10. The number of carbonyl (C=O) groups is 1. The van der Waals surface area contributed by atoms with Gasteiger partial charge in [-0.25, -0.2) is 12.7 Å². The number of rotatable bonds is 3. The number of sulfonamides is 1. The predicted octanol–water partition coefficient (Wildman–Crippen LogP) is 1.06. The highest BCUT2D eigenvalue weighted by atomic mass is 32.2. The first kappa shape index (κ1) is 14.0. The van der Waals surface area contributed by atoms with Gasteiger partial charge in [0, 0.05) is 13.1 Å². The normalized spacial score (nSPS) is 20.1. The first-order chi connectivity index (χ1) is 8.86. The van der Waals surface area contributed by atoms with E-state index in [-0.39, 0.29) is 13.1 Å². The third-order valence-corrected chi connectivity index (χ3v) is 5.08. The molecule has 1 aromatic carbocycles. The molecule has 19 heavy (non-hydrogen) atoms. The highest BCUT2D eigenvalue weighted by Crippen LogP contribution is 2.36. The summed E-state index contributed by atoms with van der Waals surface area (Å²) in [6, 6.07) is 9.05. The lowest BCUT2D eigenvalue weighted by Crippen LogP contribution is -2.48. The van der Waals surface area contributed by atoms with Crippen molar-refractivity contribution in [2.45, 2.75) is 18.3 Å². The number of hydrogen-bond acceptors (Lipinski definition) is 3. The van der Waals surface area contributed by atoms with Crippen LogP contribution in [0.25, 0.3) is 0 Å². The van der Waals surface area contributed by atoms with Gasteiger partial charge >= 0.3 is 5.97 Å². The van der Waals surface area contributed by atoms with Crippen LogP contribution < -0.4 is 0 Å². The molecule has 0 spiro atoms. The third kappa shape index (κ3) is 2.64. The van der Waals surface area contributed by atoms with E-state index >= 15 is 0 Å². The zero-order chi connectivity index (χ0) is 14.1. The van der Waals surface area contributed by atoms with Crippen LogP contribution in [0.3, 0.4) is 0 Å². The van der Waals surface area contributed by atoms with Gasteiger partial charge in [0.15, 0.2) is 0 Å². The molecule has 1 aliphatic rings. The Morgan fingerprint density at radius 2 is 1.74 bits per heavy atom. The van der Waals surface area contributed by atoms with E-state index in [2.05, 4.69) is 0 Å². The van der Waals surface area contributed by atoms with Crippen LogP contribution in [0.1, 0.15) is 18.4 Å². The second-order valence-corrected chi connectivity index (χ2v) is 6.90. The molecule has 1 N–H and O–H groups in total. The molecule has 2 rings (SSSR count). The summed E-state index contributed by atoms with van der Waals surface area (Å²) in [6.45, 7) is 0.500. The van der Waals surface area contributed by atoms with E-state index in [0.717, 1.165) is 11.8 Å². The number of hydrogen-bond donors (Lipinski definition) is 1. The number of nitrogens with zero attached hydrogens (tertiary/aromatic N) is 1. The molecule has 1 heterocycles. The molecule has 5 nitrogen and oxygen atoms in total. The molecule has 1 aromatic rings. The van der Waals surface area contributed by atoms with E-state index in [1.165, 1.54) is 4.31 Å². The van der Waals surface area contributed by atoms with Crippen molar-refractivity contribution in [1.82, 2.24) is 4.31 Å². The van der Waals surface area contributed by atoms with Crippen LogP contribution in [-0.2, 0) is 20.2 Å². The summed E-state index contributed by atoms with van der Waals surface area (Å²) < 4.78 is 24.3. The molecule has 0 unspecified atom stereocenters. The molecule has 6 heteroatoms. The fraction of sp³-hybridized carbons (Fsp3) is 0.462. The lowest BCUT2D eigenvalue weighted by atomic mass is 9.73. The van der Waals surface area contributed by atoms with Gasteiger partial charge in [0.25, 0.3) is 0 Å². The van der Waals surface area contributed by atoms with E-state index in [4.69, 9.17) is 0 Å². The third-order valence-electron chi connectivity index (χ3n) is 3.78. The largest absolute Gasteiger partial charge is 0.481 e. The average Bonchev–Trinajstić information content (AvgIpc) is 2.38. The van der Waals surface area contributed by atoms with Crippen molar-refractivity contribution in [2.24, 2.45) is 0 Å². The lowest BCUT2D eigenvalue weighted by Gasteiger charge is -2.38. The molecule has 1 saturated heterocycles. The molecule has 0 amide bonds. The van der Waals surface area contributed by atoms with Crippen LogP contribution in [0.2, 0.25) is 0 Å². The number of benzene rings is 1. The zero-order valence-corrected chi connectivity index (χ0v) is 11.6. The van der Waals surface area contributed by atoms with Crippen LogP contribution in [0.5, 0.6) is 0 Å². The maximum Gasteiger partial charge on any atom is 0.314 e. The van der Waals surface area contributed by atoms with Crippen molar-refractivity contribution >= 4 is 16.0 Å². The van der Waals surface area contributed by atoms with Crippen LogP contribution in [0, 0.1) is 0 Å². The van der Waals surface area contributed by atoms with Crippen molar-refractivity contribution in [1.29, 1.82) is 0 Å². The van der Waals surface area contributed by atoms with E-state index in [0.29, 0.717) is 12.8 Å². The molecule has 0 saturated carbocycles. The van der Waals surface area contributed by atoms with Crippen LogP contribution in [0.15, 0.2) is 30.3 Å². The van der Waals surface area contributed by atoms with E-state index in [1.807, 2.05) is 18.2 Å². The van der Waals surface area contributed by atoms with Gasteiger partial charge in [-0.3, -0.25) is 4.79 Å². The number of carboxylic acid groups (broad SMARTS) is 1. The van der Waals surface area contributed by atoms with Gasteiger partial charge in [0.05, 0.1) is 11.7 Å². The van der Waals surface area contributed by atoms with Gasteiger partial charge in [-0.15, -0.1) is 0 Å². The van der Waals surface area contributed by atoms with E-state index in [9.17, 15) is 18.3 Å². The second-order valence-electron chi connectivity index (χ2n) is 4.92. The summed E-state index contributed by atoms with van der Waals surface area (Å²) in [5.74, 6) is -0.883. The Morgan fingerprint density at radius 1 is 1.21 bits per heavy atom. The quantitative estimate of drug-likeness (QED) is 0.900. The SMILES string of the molecule is CS(=O)(=O)N1CCC(C(=O)O)(c2ccccc2)CC1. The monoisotopic (exact) mass is 283 g/mol. The van der Waals surface area contributed by atoms with Gasteiger partial charge in [-0.1, -0.05) is 30.3 Å². The molecule has 1 aliphatic heterocycles. The fourth-order valence-corrected chi connectivity index (χ4v) is 3.43. The summed E-state index contributed by atoms with van der Waals surface area (Å²) >= 11 is 0. The van der Waals surface area contributed by atoms with Crippen LogP contribution >= 0.6 is 0 Å². The van der Waals surface area contributed by atoms with Crippen molar-refractivity contribution in [3.8, 4) is 0 Å². The van der Waals surface area contributed by atoms with Crippen molar-refractivity contribution in [2.75, 3.05) is 19.3 Å². The Labute approximate surface area is 112 Å². The lowest BCUT2D eigenvalue weighted by molar-refractivity contribution is -0.145. The Kier molecular flexibility index (Phi) is 3.64. The minimum absolute atomic E-state index is 0.250. The molecule has 0 bridgehead atoms. The van der Waals surface area contributed by atoms with Crippen molar-refractivity contribution in [3.63, 3.8) is 0 Å². The molecule has 0 radical (unpaired) electrons. The predicted molar refractivity (Wildman–Crippen MR) is 71.4 cm³/mol. The molecule has 104 valence electrons. The second kappa shape index (κ2) is 4.94. The molecule has 0 aliphatic carbocycles. The van der Waals surface area contributed by atoms with Crippen molar-refractivity contribution in [3.05, 3.63) is 35.9 Å². The van der Waals surface area contributed by atoms with E-state index < -0.39 is 21.4 Å². The first-order valence-corrected chi connectivity index (χ1v) is 7.95. The molecule has 0 atom stereocenters. The van der Waals surface area contributed by atoms with Gasteiger partial charge < -0.3 is 5.11 Å². The Bertz CT molecular complexity index is 560. The maximum atomic E-state index is 11.7. The highest BCUT2D eigenvalue weighted by Gasteiger charge is 2.44. The topological polar surface area (TPSA) is 74.7 Å². The molecule has 1 fully saturated rings. The Balaban J connectivity index is 2.29. The average molecular weight is 283 g/mol. The standard InChI is InChI=1S/C13H17NO4S/c1-19(17,18)14-9-7-13(8-10-14,12(15)16)11-5-3-2-4-6-11/h2-6H,7-10H2,1H3,(H,15,16). The van der Waals surface area contributed by atoms with Gasteiger partial charge in [-0.05, 0) is 18.4 Å². The summed E-state index contributed by atoms with van der Waals surface area (Å²) in [5, 5.41) is 9.56.